The number of nitrogens with one attached hydrogen (secondary N) is 2. The van der Waals surface area contributed by atoms with Gasteiger partial charge < -0.3 is 15.1 Å². The summed E-state index contributed by atoms with van der Waals surface area (Å²) in [7, 11) is 0. The molecule has 154 valence electrons. The maximum Gasteiger partial charge on any atom is 0.323 e. The Hall–Kier alpha value is -2.94. The van der Waals surface area contributed by atoms with E-state index in [9.17, 15) is 14.4 Å². The van der Waals surface area contributed by atoms with Crippen LogP contribution in [0.4, 0.5) is 15.6 Å². The number of urea groups is 1. The van der Waals surface area contributed by atoms with E-state index in [1.807, 2.05) is 32.0 Å². The number of hydrogen-bond acceptors (Lipinski definition) is 5. The number of aryl methyl sites for hydroxylation is 2. The summed E-state index contributed by atoms with van der Waals surface area (Å²) in [5, 5.41) is 7.90. The first-order chi connectivity index (χ1) is 13.8. The van der Waals surface area contributed by atoms with Gasteiger partial charge in [0, 0.05) is 44.2 Å². The Morgan fingerprint density at radius 3 is 2.41 bits per heavy atom. The largest absolute Gasteiger partial charge is 0.339 e. The van der Waals surface area contributed by atoms with E-state index in [-0.39, 0.29) is 24.3 Å². The number of anilines is 2. The van der Waals surface area contributed by atoms with Crippen LogP contribution in [0.1, 0.15) is 23.7 Å². The Bertz CT molecular complexity index is 919. The Labute approximate surface area is 173 Å². The fourth-order valence-electron chi connectivity index (χ4n) is 3.15. The fraction of sp³-hybridized carbons (Fsp3) is 0.400. The number of carbonyl (C=O) groups excluding carboxylic acids is 3. The highest BCUT2D eigenvalue weighted by Gasteiger charge is 2.23. The zero-order chi connectivity index (χ0) is 21.0. The van der Waals surface area contributed by atoms with E-state index in [0.717, 1.165) is 16.8 Å². The molecule has 29 heavy (non-hydrogen) atoms. The SMILES string of the molecule is CC(=O)N1CCN(C(=O)Nc2nc(CC(=O)Nc3ccc(C)cc3C)cs2)CC1. The number of amides is 4. The standard InChI is InChI=1S/C20H25N5O3S/c1-13-4-5-17(14(2)10-13)22-18(27)11-16-12-29-19(21-16)23-20(28)25-8-6-24(7-9-25)15(3)26/h4-5,10,12H,6-9,11H2,1-3H3,(H,22,27)(H,21,23,28). The predicted molar refractivity (Wildman–Crippen MR) is 113 cm³/mol. The fourth-order valence-corrected chi connectivity index (χ4v) is 3.85. The van der Waals surface area contributed by atoms with Crippen LogP contribution in [0, 0.1) is 13.8 Å². The number of piperazine rings is 1. The van der Waals surface area contributed by atoms with Gasteiger partial charge in [0.15, 0.2) is 5.13 Å². The molecule has 3 rings (SSSR count). The summed E-state index contributed by atoms with van der Waals surface area (Å²) in [6.45, 7) is 7.53. The van der Waals surface area contributed by atoms with Crippen molar-refractivity contribution < 1.29 is 14.4 Å². The average molecular weight is 416 g/mol. The molecule has 1 aliphatic rings. The van der Waals surface area contributed by atoms with Gasteiger partial charge in [0.05, 0.1) is 12.1 Å². The van der Waals surface area contributed by atoms with Crippen LogP contribution in [0.2, 0.25) is 0 Å². The Balaban J connectivity index is 1.50. The molecule has 0 unspecified atom stereocenters. The topological polar surface area (TPSA) is 94.6 Å². The second kappa shape index (κ2) is 9.04. The zero-order valence-corrected chi connectivity index (χ0v) is 17.6. The van der Waals surface area contributed by atoms with Crippen molar-refractivity contribution in [3.05, 3.63) is 40.4 Å². The normalized spacial score (nSPS) is 13.9. The molecule has 1 aliphatic heterocycles. The minimum Gasteiger partial charge on any atom is -0.339 e. The minimum atomic E-state index is -0.242. The summed E-state index contributed by atoms with van der Waals surface area (Å²) in [5.41, 5.74) is 3.54. The van der Waals surface area contributed by atoms with E-state index in [4.69, 9.17) is 0 Å². The number of carbonyl (C=O) groups is 3. The van der Waals surface area contributed by atoms with Gasteiger partial charge in [-0.15, -0.1) is 11.3 Å². The van der Waals surface area contributed by atoms with Crippen molar-refractivity contribution in [3.8, 4) is 0 Å². The second-order valence-corrected chi connectivity index (χ2v) is 7.97. The quantitative estimate of drug-likeness (QED) is 0.803. The molecule has 0 spiro atoms. The molecular formula is C20H25N5O3S. The molecule has 8 nitrogen and oxygen atoms in total. The van der Waals surface area contributed by atoms with E-state index in [2.05, 4.69) is 15.6 Å². The van der Waals surface area contributed by atoms with Crippen molar-refractivity contribution in [2.75, 3.05) is 36.8 Å². The summed E-state index contributed by atoms with van der Waals surface area (Å²) in [6.07, 6.45) is 0.136. The Kier molecular flexibility index (Phi) is 6.48. The molecule has 0 saturated carbocycles. The molecule has 0 radical (unpaired) electrons. The number of aromatic nitrogens is 1. The molecular weight excluding hydrogens is 390 g/mol. The Morgan fingerprint density at radius 1 is 1.07 bits per heavy atom. The third kappa shape index (κ3) is 5.54. The smallest absolute Gasteiger partial charge is 0.323 e. The summed E-state index contributed by atoms with van der Waals surface area (Å²) in [4.78, 5) is 43.8. The summed E-state index contributed by atoms with van der Waals surface area (Å²) in [6, 6.07) is 5.62. The van der Waals surface area contributed by atoms with Gasteiger partial charge in [0.2, 0.25) is 11.8 Å². The molecule has 4 amide bonds. The molecule has 0 bridgehead atoms. The molecule has 2 N–H and O–H groups in total. The highest BCUT2D eigenvalue weighted by Crippen LogP contribution is 2.19. The van der Waals surface area contributed by atoms with Gasteiger partial charge in [-0.1, -0.05) is 17.7 Å². The van der Waals surface area contributed by atoms with Gasteiger partial charge >= 0.3 is 6.03 Å². The minimum absolute atomic E-state index is 0.0220. The van der Waals surface area contributed by atoms with Crippen LogP contribution in [0.25, 0.3) is 0 Å². The van der Waals surface area contributed by atoms with E-state index in [0.29, 0.717) is 37.0 Å². The molecule has 1 aromatic carbocycles. The van der Waals surface area contributed by atoms with Crippen LogP contribution < -0.4 is 10.6 Å². The monoisotopic (exact) mass is 415 g/mol. The predicted octanol–water partition coefficient (Wildman–Crippen LogP) is 2.64. The summed E-state index contributed by atoms with van der Waals surface area (Å²) >= 11 is 1.29. The van der Waals surface area contributed by atoms with Gasteiger partial charge in [-0.25, -0.2) is 9.78 Å². The van der Waals surface area contributed by atoms with Crippen molar-refractivity contribution in [1.29, 1.82) is 0 Å². The van der Waals surface area contributed by atoms with Crippen LogP contribution in [0.3, 0.4) is 0 Å². The molecule has 1 saturated heterocycles. The molecule has 0 aliphatic carbocycles. The molecule has 1 aromatic heterocycles. The maximum absolute atomic E-state index is 12.4. The number of benzene rings is 1. The third-order valence-electron chi connectivity index (χ3n) is 4.78. The maximum atomic E-state index is 12.4. The van der Waals surface area contributed by atoms with Crippen LogP contribution in [0.5, 0.6) is 0 Å². The highest BCUT2D eigenvalue weighted by atomic mass is 32.1. The van der Waals surface area contributed by atoms with Crippen LogP contribution in [-0.2, 0) is 16.0 Å². The van der Waals surface area contributed by atoms with Gasteiger partial charge in [-0.2, -0.15) is 0 Å². The lowest BCUT2D eigenvalue weighted by molar-refractivity contribution is -0.130. The van der Waals surface area contributed by atoms with Gasteiger partial charge in [-0.3, -0.25) is 14.9 Å². The lowest BCUT2D eigenvalue weighted by atomic mass is 10.1. The average Bonchev–Trinajstić information content (AvgIpc) is 3.10. The van der Waals surface area contributed by atoms with Crippen molar-refractivity contribution in [2.24, 2.45) is 0 Å². The van der Waals surface area contributed by atoms with Crippen LogP contribution in [0.15, 0.2) is 23.6 Å². The molecule has 2 heterocycles. The van der Waals surface area contributed by atoms with E-state index in [1.54, 1.807) is 15.2 Å². The third-order valence-corrected chi connectivity index (χ3v) is 5.58. The van der Waals surface area contributed by atoms with Gasteiger partial charge in [0.25, 0.3) is 0 Å². The number of hydrogen-bond donors (Lipinski definition) is 2. The first-order valence-corrected chi connectivity index (χ1v) is 10.3. The summed E-state index contributed by atoms with van der Waals surface area (Å²) < 4.78 is 0. The molecule has 0 atom stereocenters. The number of rotatable bonds is 4. The zero-order valence-electron chi connectivity index (χ0n) is 16.8. The van der Waals surface area contributed by atoms with Crippen LogP contribution in [-0.4, -0.2) is 58.8 Å². The Morgan fingerprint density at radius 2 is 1.76 bits per heavy atom. The number of nitrogens with zero attached hydrogens (tertiary/aromatic N) is 3. The van der Waals surface area contributed by atoms with Crippen LogP contribution >= 0.6 is 11.3 Å². The first kappa shape index (κ1) is 20.8. The van der Waals surface area contributed by atoms with E-state index >= 15 is 0 Å². The van der Waals surface area contributed by atoms with E-state index < -0.39 is 0 Å². The van der Waals surface area contributed by atoms with Crippen molar-refractivity contribution in [3.63, 3.8) is 0 Å². The summed E-state index contributed by atoms with van der Waals surface area (Å²) in [5.74, 6) is -0.130. The van der Waals surface area contributed by atoms with Crippen molar-refractivity contribution in [1.82, 2.24) is 14.8 Å². The lowest BCUT2D eigenvalue weighted by Gasteiger charge is -2.33. The van der Waals surface area contributed by atoms with Crippen molar-refractivity contribution >= 4 is 40.0 Å². The molecule has 1 fully saturated rings. The van der Waals surface area contributed by atoms with Gasteiger partial charge in [-0.05, 0) is 25.5 Å². The first-order valence-electron chi connectivity index (χ1n) is 9.45. The van der Waals surface area contributed by atoms with Crippen molar-refractivity contribution in [2.45, 2.75) is 27.2 Å². The number of thiazole rings is 1. The lowest BCUT2D eigenvalue weighted by Crippen LogP contribution is -2.51. The van der Waals surface area contributed by atoms with E-state index in [1.165, 1.54) is 18.3 Å². The molecule has 2 aromatic rings. The highest BCUT2D eigenvalue weighted by molar-refractivity contribution is 7.13. The molecule has 9 heteroatoms. The van der Waals surface area contributed by atoms with Gasteiger partial charge in [0.1, 0.15) is 0 Å². The second-order valence-electron chi connectivity index (χ2n) is 7.11.